The number of rotatable bonds is 5. The van der Waals surface area contributed by atoms with Gasteiger partial charge in [-0.3, -0.25) is 0 Å². The second-order valence-electron chi connectivity index (χ2n) is 4.83. The molecule has 0 aliphatic carbocycles. The molecule has 1 aliphatic rings. The molecular weight excluding hydrogens is 276 g/mol. The van der Waals surface area contributed by atoms with Crippen LogP contribution in [0.2, 0.25) is 5.02 Å². The minimum atomic E-state index is 0.315. The van der Waals surface area contributed by atoms with Gasteiger partial charge in [0.05, 0.1) is 29.9 Å². The minimum Gasteiger partial charge on any atom is -0.382 e. The lowest BCUT2D eigenvalue weighted by molar-refractivity contribution is 0.00610. The van der Waals surface area contributed by atoms with Crippen molar-refractivity contribution in [3.8, 4) is 6.07 Å². The van der Waals surface area contributed by atoms with Crippen molar-refractivity contribution in [3.05, 3.63) is 28.8 Å². The Kier molecular flexibility index (Phi) is 5.66. The normalized spacial score (nSPS) is 16.1. The predicted octanol–water partition coefficient (Wildman–Crippen LogP) is 2.84. The van der Waals surface area contributed by atoms with E-state index in [1.54, 1.807) is 13.2 Å². The van der Waals surface area contributed by atoms with E-state index in [0.717, 1.165) is 31.6 Å². The Labute approximate surface area is 124 Å². The van der Waals surface area contributed by atoms with Crippen LogP contribution in [0.4, 0.5) is 5.69 Å². The molecule has 1 aromatic carbocycles. The van der Waals surface area contributed by atoms with Gasteiger partial charge in [-0.25, -0.2) is 0 Å². The van der Waals surface area contributed by atoms with E-state index in [2.05, 4.69) is 11.0 Å². The van der Waals surface area contributed by atoms with Crippen molar-refractivity contribution in [3.63, 3.8) is 0 Å². The number of methoxy groups -OCH3 is 1. The highest BCUT2D eigenvalue weighted by Crippen LogP contribution is 2.26. The maximum Gasteiger partial charge on any atom is 0.101 e. The minimum absolute atomic E-state index is 0.315. The van der Waals surface area contributed by atoms with Crippen LogP contribution in [0.5, 0.6) is 0 Å². The number of hydrogen-bond donors (Lipinski definition) is 0. The number of nitrogens with zero attached hydrogens (tertiary/aromatic N) is 2. The van der Waals surface area contributed by atoms with Crippen molar-refractivity contribution < 1.29 is 9.47 Å². The molecule has 0 radical (unpaired) electrons. The van der Waals surface area contributed by atoms with Crippen LogP contribution in [0.1, 0.15) is 18.4 Å². The van der Waals surface area contributed by atoms with Gasteiger partial charge in [-0.15, -0.1) is 0 Å². The van der Waals surface area contributed by atoms with Crippen LogP contribution < -0.4 is 4.90 Å². The quantitative estimate of drug-likeness (QED) is 0.784. The van der Waals surface area contributed by atoms with E-state index < -0.39 is 0 Å². The van der Waals surface area contributed by atoms with Gasteiger partial charge in [0.25, 0.3) is 0 Å². The highest BCUT2D eigenvalue weighted by atomic mass is 35.5. The first kappa shape index (κ1) is 15.1. The number of hydrogen-bond acceptors (Lipinski definition) is 4. The first-order valence-electron chi connectivity index (χ1n) is 6.79. The summed E-state index contributed by atoms with van der Waals surface area (Å²) in [4.78, 5) is 2.28. The standard InChI is InChI=1S/C15H19ClN2O2/c1-19-8-9-20-14-4-6-18(7-5-14)13-3-2-12(11-17)15(16)10-13/h2-3,10,14H,4-9H2,1H3. The molecule has 0 atom stereocenters. The van der Waals surface area contributed by atoms with Gasteiger partial charge in [-0.2, -0.15) is 5.26 Å². The number of nitriles is 1. The van der Waals surface area contributed by atoms with Crippen LogP contribution in [0.15, 0.2) is 18.2 Å². The maximum atomic E-state index is 8.88. The molecule has 0 aromatic heterocycles. The Morgan fingerprint density at radius 3 is 2.70 bits per heavy atom. The molecule has 108 valence electrons. The van der Waals surface area contributed by atoms with Crippen LogP contribution in [0.3, 0.4) is 0 Å². The van der Waals surface area contributed by atoms with Gasteiger partial charge in [0.15, 0.2) is 0 Å². The molecule has 20 heavy (non-hydrogen) atoms. The molecule has 1 fully saturated rings. The van der Waals surface area contributed by atoms with Gasteiger partial charge in [0.2, 0.25) is 0 Å². The lowest BCUT2D eigenvalue weighted by Crippen LogP contribution is -2.37. The van der Waals surface area contributed by atoms with E-state index in [1.807, 2.05) is 12.1 Å². The summed E-state index contributed by atoms with van der Waals surface area (Å²) in [6.07, 6.45) is 2.32. The molecule has 2 rings (SSSR count). The molecule has 1 saturated heterocycles. The monoisotopic (exact) mass is 294 g/mol. The average Bonchev–Trinajstić information content (AvgIpc) is 2.48. The topological polar surface area (TPSA) is 45.5 Å². The highest BCUT2D eigenvalue weighted by Gasteiger charge is 2.20. The third-order valence-electron chi connectivity index (χ3n) is 3.52. The van der Waals surface area contributed by atoms with Gasteiger partial charge < -0.3 is 14.4 Å². The zero-order valence-electron chi connectivity index (χ0n) is 11.6. The molecule has 0 bridgehead atoms. The SMILES string of the molecule is COCCOC1CCN(c2ccc(C#N)c(Cl)c2)CC1. The fourth-order valence-corrected chi connectivity index (χ4v) is 2.59. The highest BCUT2D eigenvalue weighted by molar-refractivity contribution is 6.32. The molecule has 0 spiro atoms. The summed E-state index contributed by atoms with van der Waals surface area (Å²) in [7, 11) is 1.68. The molecule has 1 aromatic rings. The molecule has 1 aliphatic heterocycles. The Morgan fingerprint density at radius 2 is 2.10 bits per heavy atom. The molecule has 5 heteroatoms. The molecule has 1 heterocycles. The van der Waals surface area contributed by atoms with Crippen molar-refractivity contribution in [2.75, 3.05) is 38.3 Å². The summed E-state index contributed by atoms with van der Waals surface area (Å²) < 4.78 is 10.7. The summed E-state index contributed by atoms with van der Waals surface area (Å²) in [5.41, 5.74) is 1.59. The van der Waals surface area contributed by atoms with Crippen molar-refractivity contribution in [1.82, 2.24) is 0 Å². The molecule has 4 nitrogen and oxygen atoms in total. The second-order valence-corrected chi connectivity index (χ2v) is 5.23. The number of halogens is 1. The summed E-state index contributed by atoms with van der Waals surface area (Å²) >= 11 is 6.07. The van der Waals surface area contributed by atoms with Crippen molar-refractivity contribution in [1.29, 1.82) is 5.26 Å². The van der Waals surface area contributed by atoms with E-state index in [9.17, 15) is 0 Å². The smallest absolute Gasteiger partial charge is 0.101 e. The number of ether oxygens (including phenoxy) is 2. The van der Waals surface area contributed by atoms with Crippen LogP contribution in [-0.2, 0) is 9.47 Å². The van der Waals surface area contributed by atoms with Crippen molar-refractivity contribution in [2.45, 2.75) is 18.9 Å². The van der Waals surface area contributed by atoms with Crippen LogP contribution in [0, 0.1) is 11.3 Å². The molecule has 0 N–H and O–H groups in total. The predicted molar refractivity (Wildman–Crippen MR) is 79.2 cm³/mol. The third kappa shape index (κ3) is 3.86. The summed E-state index contributed by atoms with van der Waals surface area (Å²) in [5.74, 6) is 0. The van der Waals surface area contributed by atoms with Crippen LogP contribution >= 0.6 is 11.6 Å². The first-order valence-corrected chi connectivity index (χ1v) is 7.17. The van der Waals surface area contributed by atoms with E-state index in [0.29, 0.717) is 29.9 Å². The van der Waals surface area contributed by atoms with Crippen LogP contribution in [0.25, 0.3) is 0 Å². The van der Waals surface area contributed by atoms with Gasteiger partial charge in [0, 0.05) is 25.9 Å². The largest absolute Gasteiger partial charge is 0.382 e. The summed E-state index contributed by atoms with van der Waals surface area (Å²) in [6, 6.07) is 7.68. The van der Waals surface area contributed by atoms with E-state index in [4.69, 9.17) is 26.3 Å². The van der Waals surface area contributed by atoms with Crippen molar-refractivity contribution >= 4 is 17.3 Å². The lowest BCUT2D eigenvalue weighted by atomic mass is 10.1. The van der Waals surface area contributed by atoms with E-state index >= 15 is 0 Å². The Bertz CT molecular complexity index is 479. The maximum absolute atomic E-state index is 8.88. The van der Waals surface area contributed by atoms with Crippen molar-refractivity contribution in [2.24, 2.45) is 0 Å². The first-order chi connectivity index (χ1) is 9.74. The molecule has 0 amide bonds. The molecule has 0 saturated carbocycles. The van der Waals surface area contributed by atoms with Crippen LogP contribution in [-0.4, -0.2) is 39.5 Å². The second kappa shape index (κ2) is 7.49. The van der Waals surface area contributed by atoms with E-state index in [-0.39, 0.29) is 0 Å². The Hall–Kier alpha value is -1.28. The fraction of sp³-hybridized carbons (Fsp3) is 0.533. The van der Waals surface area contributed by atoms with Gasteiger partial charge >= 0.3 is 0 Å². The lowest BCUT2D eigenvalue weighted by Gasteiger charge is -2.33. The Balaban J connectivity index is 1.87. The van der Waals surface area contributed by atoms with E-state index in [1.165, 1.54) is 0 Å². The van der Waals surface area contributed by atoms with Gasteiger partial charge in [0.1, 0.15) is 6.07 Å². The zero-order valence-corrected chi connectivity index (χ0v) is 12.4. The average molecular weight is 295 g/mol. The number of anilines is 1. The zero-order chi connectivity index (χ0) is 14.4. The third-order valence-corrected chi connectivity index (χ3v) is 3.83. The fourth-order valence-electron chi connectivity index (χ4n) is 2.37. The molecular formula is C15H19ClN2O2. The number of benzene rings is 1. The summed E-state index contributed by atoms with van der Waals surface area (Å²) in [6.45, 7) is 3.19. The van der Waals surface area contributed by atoms with Gasteiger partial charge in [-0.1, -0.05) is 11.6 Å². The van der Waals surface area contributed by atoms with Gasteiger partial charge in [-0.05, 0) is 31.0 Å². The summed E-state index contributed by atoms with van der Waals surface area (Å²) in [5, 5.41) is 9.40. The Morgan fingerprint density at radius 1 is 1.35 bits per heavy atom. The molecule has 0 unspecified atom stereocenters. The number of piperidine rings is 1.